The number of H-pyrrole nitrogens is 1. The van der Waals surface area contributed by atoms with Crippen LogP contribution in [0.5, 0.6) is 0 Å². The summed E-state index contributed by atoms with van der Waals surface area (Å²) in [7, 11) is 0. The summed E-state index contributed by atoms with van der Waals surface area (Å²) in [5, 5.41) is 3.46. The lowest BCUT2D eigenvalue weighted by atomic mass is 9.92. The Labute approximate surface area is 121 Å². The Kier molecular flexibility index (Phi) is 3.61. The van der Waals surface area contributed by atoms with Crippen molar-refractivity contribution in [1.82, 2.24) is 15.2 Å². The largest absolute Gasteiger partial charge is 0.356 e. The summed E-state index contributed by atoms with van der Waals surface area (Å²) >= 11 is 2.22. The third-order valence-corrected chi connectivity index (χ3v) is 4.81. The van der Waals surface area contributed by atoms with Crippen molar-refractivity contribution < 1.29 is 4.79 Å². The van der Waals surface area contributed by atoms with Crippen LogP contribution < -0.4 is 5.32 Å². The Morgan fingerprint density at radius 1 is 1.28 bits per heavy atom. The average Bonchev–Trinajstić information content (AvgIpc) is 2.94. The molecule has 18 heavy (non-hydrogen) atoms. The van der Waals surface area contributed by atoms with E-state index in [9.17, 15) is 4.79 Å². The molecular weight excluding hydrogens is 341 g/mol. The molecule has 0 saturated carbocycles. The lowest BCUT2D eigenvalue weighted by molar-refractivity contribution is 0.0753. The lowest BCUT2D eigenvalue weighted by Gasteiger charge is -2.20. The second-order valence-electron chi connectivity index (χ2n) is 5.28. The van der Waals surface area contributed by atoms with E-state index >= 15 is 0 Å². The van der Waals surface area contributed by atoms with Crippen molar-refractivity contribution in [2.45, 2.75) is 12.8 Å². The van der Waals surface area contributed by atoms with Gasteiger partial charge in [0.2, 0.25) is 0 Å². The highest BCUT2D eigenvalue weighted by atomic mass is 127. The number of amides is 1. The minimum absolute atomic E-state index is 0.158. The summed E-state index contributed by atoms with van der Waals surface area (Å²) in [6.45, 7) is 4.06. The van der Waals surface area contributed by atoms with Gasteiger partial charge in [-0.1, -0.05) is 0 Å². The van der Waals surface area contributed by atoms with Crippen LogP contribution in [0.1, 0.15) is 23.3 Å². The number of fused-ring (bicyclic) bond motifs is 1. The van der Waals surface area contributed by atoms with Crippen LogP contribution in [0.25, 0.3) is 0 Å². The van der Waals surface area contributed by atoms with Gasteiger partial charge in [0, 0.05) is 22.9 Å². The van der Waals surface area contributed by atoms with Crippen molar-refractivity contribution >= 4 is 28.5 Å². The number of hydrogen-bond donors (Lipinski definition) is 2. The first-order valence-corrected chi connectivity index (χ1v) is 7.66. The van der Waals surface area contributed by atoms with E-state index in [-0.39, 0.29) is 5.91 Å². The molecule has 0 unspecified atom stereocenters. The zero-order valence-corrected chi connectivity index (χ0v) is 12.4. The molecule has 3 heterocycles. The standard InChI is InChI=1S/C13H18IN3O/c14-11-5-12(16-8-11)13(18)17-3-1-9-6-15-7-10(9)2-4-17/h5,8-10,15-16H,1-4,6-7H2/t9-,10+. The number of nitrogens with one attached hydrogen (secondary N) is 2. The van der Waals surface area contributed by atoms with Gasteiger partial charge in [0.05, 0.1) is 0 Å². The number of carbonyl (C=O) groups is 1. The van der Waals surface area contributed by atoms with Gasteiger partial charge in [-0.05, 0) is 66.4 Å². The maximum Gasteiger partial charge on any atom is 0.270 e. The summed E-state index contributed by atoms with van der Waals surface area (Å²) in [6, 6.07) is 1.93. The van der Waals surface area contributed by atoms with Crippen molar-refractivity contribution in [1.29, 1.82) is 0 Å². The summed E-state index contributed by atoms with van der Waals surface area (Å²) in [4.78, 5) is 17.4. The predicted octanol–water partition coefficient (Wildman–Crippen LogP) is 1.69. The fourth-order valence-corrected chi connectivity index (χ4v) is 3.55. The van der Waals surface area contributed by atoms with E-state index in [4.69, 9.17) is 0 Å². The SMILES string of the molecule is O=C(c1cc(I)c[nH]1)N1CC[C@@H]2CNC[C@@H]2CC1. The molecule has 1 aromatic heterocycles. The number of hydrogen-bond acceptors (Lipinski definition) is 2. The van der Waals surface area contributed by atoms with Crippen molar-refractivity contribution in [2.24, 2.45) is 11.8 Å². The molecule has 2 N–H and O–H groups in total. The van der Waals surface area contributed by atoms with Gasteiger partial charge in [0.15, 0.2) is 0 Å². The Hall–Kier alpha value is -0.560. The first kappa shape index (κ1) is 12.5. The van der Waals surface area contributed by atoms with Crippen LogP contribution in [0, 0.1) is 15.4 Å². The van der Waals surface area contributed by atoms with Crippen LogP contribution in [0.4, 0.5) is 0 Å². The second-order valence-corrected chi connectivity index (χ2v) is 6.53. The van der Waals surface area contributed by atoms with Crippen LogP contribution in [0.3, 0.4) is 0 Å². The number of likely N-dealkylation sites (tertiary alicyclic amines) is 1. The molecule has 0 spiro atoms. The number of carbonyl (C=O) groups excluding carboxylic acids is 1. The molecular formula is C13H18IN3O. The van der Waals surface area contributed by atoms with Gasteiger partial charge in [-0.2, -0.15) is 0 Å². The predicted molar refractivity (Wildman–Crippen MR) is 78.5 cm³/mol. The highest BCUT2D eigenvalue weighted by molar-refractivity contribution is 14.1. The Balaban J connectivity index is 1.68. The van der Waals surface area contributed by atoms with E-state index in [1.54, 1.807) is 0 Å². The van der Waals surface area contributed by atoms with Gasteiger partial charge in [0.1, 0.15) is 5.69 Å². The molecule has 2 saturated heterocycles. The molecule has 5 heteroatoms. The third kappa shape index (κ3) is 2.42. The van der Waals surface area contributed by atoms with Crippen LogP contribution in [0.2, 0.25) is 0 Å². The normalized spacial score (nSPS) is 27.9. The first-order chi connectivity index (χ1) is 8.74. The highest BCUT2D eigenvalue weighted by Crippen LogP contribution is 2.27. The van der Waals surface area contributed by atoms with E-state index in [1.807, 2.05) is 17.2 Å². The average molecular weight is 359 g/mol. The Morgan fingerprint density at radius 3 is 2.50 bits per heavy atom. The minimum Gasteiger partial charge on any atom is -0.356 e. The summed E-state index contributed by atoms with van der Waals surface area (Å²) in [5.74, 6) is 1.70. The number of rotatable bonds is 1. The van der Waals surface area contributed by atoms with Crippen molar-refractivity contribution in [2.75, 3.05) is 26.2 Å². The second kappa shape index (κ2) is 5.21. The molecule has 2 aliphatic heterocycles. The number of nitrogens with zero attached hydrogens (tertiary/aromatic N) is 1. The molecule has 3 rings (SSSR count). The number of aromatic nitrogens is 1. The number of halogens is 1. The van der Waals surface area contributed by atoms with E-state index in [2.05, 4.69) is 32.9 Å². The van der Waals surface area contributed by atoms with Gasteiger partial charge >= 0.3 is 0 Å². The van der Waals surface area contributed by atoms with E-state index in [1.165, 1.54) is 0 Å². The quantitative estimate of drug-likeness (QED) is 0.750. The molecule has 0 aromatic carbocycles. The fourth-order valence-electron chi connectivity index (χ4n) is 3.08. The van der Waals surface area contributed by atoms with Crippen LogP contribution in [0.15, 0.2) is 12.3 Å². The maximum atomic E-state index is 12.4. The zero-order chi connectivity index (χ0) is 12.5. The maximum absolute atomic E-state index is 12.4. The Morgan fingerprint density at radius 2 is 1.94 bits per heavy atom. The Bertz CT molecular complexity index is 431. The smallest absolute Gasteiger partial charge is 0.270 e. The molecule has 0 bridgehead atoms. The van der Waals surface area contributed by atoms with Gasteiger partial charge in [0.25, 0.3) is 5.91 Å². The molecule has 4 nitrogen and oxygen atoms in total. The number of aromatic amines is 1. The molecule has 2 fully saturated rings. The van der Waals surface area contributed by atoms with E-state index in [0.29, 0.717) is 0 Å². The van der Waals surface area contributed by atoms with E-state index < -0.39 is 0 Å². The summed E-state index contributed by atoms with van der Waals surface area (Å²) in [5.41, 5.74) is 0.726. The van der Waals surface area contributed by atoms with Gasteiger partial charge in [-0.15, -0.1) is 0 Å². The first-order valence-electron chi connectivity index (χ1n) is 6.58. The highest BCUT2D eigenvalue weighted by Gasteiger charge is 2.31. The summed E-state index contributed by atoms with van der Waals surface area (Å²) < 4.78 is 1.09. The van der Waals surface area contributed by atoms with Crippen LogP contribution in [-0.4, -0.2) is 42.0 Å². The topological polar surface area (TPSA) is 48.1 Å². The molecule has 98 valence electrons. The fraction of sp³-hybridized carbons (Fsp3) is 0.615. The third-order valence-electron chi connectivity index (χ3n) is 4.18. The zero-order valence-electron chi connectivity index (χ0n) is 10.3. The van der Waals surface area contributed by atoms with Crippen molar-refractivity contribution in [3.63, 3.8) is 0 Å². The van der Waals surface area contributed by atoms with Gasteiger partial charge in [-0.25, -0.2) is 0 Å². The monoisotopic (exact) mass is 359 g/mol. The molecule has 2 aliphatic rings. The minimum atomic E-state index is 0.158. The molecule has 1 aromatic rings. The van der Waals surface area contributed by atoms with Crippen molar-refractivity contribution in [3.05, 3.63) is 21.5 Å². The van der Waals surface area contributed by atoms with Crippen molar-refractivity contribution in [3.8, 4) is 0 Å². The molecule has 0 aliphatic carbocycles. The summed E-state index contributed by atoms with van der Waals surface area (Å²) in [6.07, 6.45) is 4.16. The van der Waals surface area contributed by atoms with Crippen LogP contribution in [-0.2, 0) is 0 Å². The van der Waals surface area contributed by atoms with E-state index in [0.717, 1.165) is 60.1 Å². The van der Waals surface area contributed by atoms with Gasteiger partial charge in [-0.3, -0.25) is 4.79 Å². The van der Waals surface area contributed by atoms with Crippen LogP contribution >= 0.6 is 22.6 Å². The molecule has 2 atom stereocenters. The molecule has 0 radical (unpaired) electrons. The molecule has 1 amide bonds. The van der Waals surface area contributed by atoms with Gasteiger partial charge < -0.3 is 15.2 Å². The lowest BCUT2D eigenvalue weighted by Crippen LogP contribution is -2.32.